The van der Waals surface area contributed by atoms with Crippen LogP contribution in [0.1, 0.15) is 6.42 Å². The van der Waals surface area contributed by atoms with Crippen LogP contribution in [0.15, 0.2) is 53.7 Å². The maximum atomic E-state index is 12.2. The normalized spacial score (nSPS) is 17.0. The van der Waals surface area contributed by atoms with Gasteiger partial charge in [0.15, 0.2) is 0 Å². The Labute approximate surface area is 158 Å². The van der Waals surface area contributed by atoms with Crippen molar-refractivity contribution in [2.75, 3.05) is 39.0 Å². The first-order valence-electron chi connectivity index (χ1n) is 9.03. The highest BCUT2D eigenvalue weighted by molar-refractivity contribution is 5.87. The summed E-state index contributed by atoms with van der Waals surface area (Å²) in [6, 6.07) is 5.70. The van der Waals surface area contributed by atoms with Crippen molar-refractivity contribution in [2.24, 2.45) is 0 Å². The quantitative estimate of drug-likeness (QED) is 0.758. The number of nitrogens with zero attached hydrogens (tertiary/aromatic N) is 3. The van der Waals surface area contributed by atoms with Gasteiger partial charge in [-0.2, -0.15) is 0 Å². The van der Waals surface area contributed by atoms with Crippen molar-refractivity contribution in [3.05, 3.63) is 59.3 Å². The van der Waals surface area contributed by atoms with Gasteiger partial charge in [-0.15, -0.1) is 0 Å². The lowest BCUT2D eigenvalue weighted by Gasteiger charge is -2.16. The summed E-state index contributed by atoms with van der Waals surface area (Å²) in [4.78, 5) is 35.0. The van der Waals surface area contributed by atoms with Crippen molar-refractivity contribution in [3.63, 3.8) is 0 Å². The van der Waals surface area contributed by atoms with E-state index in [2.05, 4.69) is 15.3 Å². The summed E-state index contributed by atoms with van der Waals surface area (Å²) < 4.78 is 0. The van der Waals surface area contributed by atoms with Crippen LogP contribution >= 0.6 is 0 Å². The van der Waals surface area contributed by atoms with Gasteiger partial charge in [-0.1, -0.05) is 6.08 Å². The first-order valence-corrected chi connectivity index (χ1v) is 9.03. The molecule has 2 aromatic heterocycles. The predicted molar refractivity (Wildman–Crippen MR) is 107 cm³/mol. The highest BCUT2D eigenvalue weighted by Crippen LogP contribution is 2.20. The second kappa shape index (κ2) is 8.64. The molecule has 0 saturated carbocycles. The fourth-order valence-electron chi connectivity index (χ4n) is 3.07. The summed E-state index contributed by atoms with van der Waals surface area (Å²) in [5.74, 6) is 0.0144. The highest BCUT2D eigenvalue weighted by atomic mass is 16.2. The van der Waals surface area contributed by atoms with Gasteiger partial charge in [-0.3, -0.25) is 14.6 Å². The predicted octanol–water partition coefficient (Wildman–Crippen LogP) is 1.57. The zero-order valence-corrected chi connectivity index (χ0v) is 15.7. The topological polar surface area (TPSA) is 81.3 Å². The number of carbonyl (C=O) groups excluding carboxylic acids is 1. The molecule has 3 heterocycles. The molecule has 1 fully saturated rings. The monoisotopic (exact) mass is 367 g/mol. The first-order chi connectivity index (χ1) is 13.0. The van der Waals surface area contributed by atoms with Crippen LogP contribution in [-0.4, -0.2) is 65.4 Å². The Balaban J connectivity index is 1.64. The standard InChI is InChI=1S/C20H25N5O2/c1-24(2)10-3-4-19(26)25-11-7-17(14-25)23-18-12-16(13-22-20(18)27)15-5-8-21-9-6-15/h3-6,8-9,12-13,17,23H,7,10-11,14H2,1-2H3,(H,22,27)/t17-/m1/s1. The van der Waals surface area contributed by atoms with Gasteiger partial charge in [-0.25, -0.2) is 0 Å². The van der Waals surface area contributed by atoms with Gasteiger partial charge < -0.3 is 20.1 Å². The molecule has 1 atom stereocenters. The number of H-pyrrole nitrogens is 1. The largest absolute Gasteiger partial charge is 0.376 e. The number of likely N-dealkylation sites (tertiary alicyclic amines) is 1. The Morgan fingerprint density at radius 2 is 2.15 bits per heavy atom. The molecule has 2 aromatic rings. The maximum Gasteiger partial charge on any atom is 0.271 e. The van der Waals surface area contributed by atoms with E-state index in [1.54, 1.807) is 24.7 Å². The Morgan fingerprint density at radius 1 is 1.37 bits per heavy atom. The number of likely N-dealkylation sites (N-methyl/N-ethyl adjacent to an activating group) is 1. The molecule has 7 nitrogen and oxygen atoms in total. The van der Waals surface area contributed by atoms with Crippen LogP contribution in [0, 0.1) is 0 Å². The molecule has 142 valence electrons. The van der Waals surface area contributed by atoms with Crippen molar-refractivity contribution < 1.29 is 4.79 Å². The lowest BCUT2D eigenvalue weighted by Crippen LogP contribution is -2.31. The number of hydrogen-bond donors (Lipinski definition) is 2. The molecule has 1 saturated heterocycles. The summed E-state index contributed by atoms with van der Waals surface area (Å²) in [5, 5.41) is 3.29. The van der Waals surface area contributed by atoms with Gasteiger partial charge in [0.1, 0.15) is 5.69 Å². The summed E-state index contributed by atoms with van der Waals surface area (Å²) >= 11 is 0. The molecule has 1 aliphatic rings. The first kappa shape index (κ1) is 18.8. The van der Waals surface area contributed by atoms with Crippen LogP contribution in [0.2, 0.25) is 0 Å². The average molecular weight is 367 g/mol. The summed E-state index contributed by atoms with van der Waals surface area (Å²) in [6.07, 6.45) is 9.44. The van der Waals surface area contributed by atoms with E-state index >= 15 is 0 Å². The van der Waals surface area contributed by atoms with E-state index < -0.39 is 0 Å². The Bertz CT molecular complexity index is 860. The second-order valence-electron chi connectivity index (χ2n) is 6.95. The second-order valence-corrected chi connectivity index (χ2v) is 6.95. The van der Waals surface area contributed by atoms with Crippen LogP contribution in [0.3, 0.4) is 0 Å². The van der Waals surface area contributed by atoms with Crippen LogP contribution in [0.5, 0.6) is 0 Å². The Hall–Kier alpha value is -2.93. The number of aromatic nitrogens is 2. The molecular formula is C20H25N5O2. The smallest absolute Gasteiger partial charge is 0.271 e. The molecular weight excluding hydrogens is 342 g/mol. The van der Waals surface area contributed by atoms with E-state index in [1.807, 2.05) is 48.2 Å². The number of hydrogen-bond acceptors (Lipinski definition) is 5. The molecule has 2 N–H and O–H groups in total. The van der Waals surface area contributed by atoms with Crippen LogP contribution in [0.25, 0.3) is 11.1 Å². The van der Waals surface area contributed by atoms with Crippen molar-refractivity contribution >= 4 is 11.6 Å². The SMILES string of the molecule is CN(C)CC=CC(=O)N1CC[C@@H](Nc2cc(-c3ccncc3)c[nH]c2=O)C1. The maximum absolute atomic E-state index is 12.2. The number of pyridine rings is 2. The minimum atomic E-state index is -0.163. The zero-order chi connectivity index (χ0) is 19.2. The van der Waals surface area contributed by atoms with Crippen LogP contribution in [-0.2, 0) is 4.79 Å². The fourth-order valence-corrected chi connectivity index (χ4v) is 3.07. The van der Waals surface area contributed by atoms with Gasteiger partial charge >= 0.3 is 0 Å². The Morgan fingerprint density at radius 3 is 2.89 bits per heavy atom. The molecule has 7 heteroatoms. The van der Waals surface area contributed by atoms with Crippen LogP contribution in [0.4, 0.5) is 5.69 Å². The van der Waals surface area contributed by atoms with E-state index in [-0.39, 0.29) is 17.5 Å². The minimum Gasteiger partial charge on any atom is -0.376 e. The third kappa shape index (κ3) is 5.04. The minimum absolute atomic E-state index is 0.0144. The number of rotatable bonds is 6. The van der Waals surface area contributed by atoms with Crippen LogP contribution < -0.4 is 10.9 Å². The molecule has 0 aliphatic carbocycles. The number of aromatic amines is 1. The third-order valence-corrected chi connectivity index (χ3v) is 4.51. The zero-order valence-electron chi connectivity index (χ0n) is 15.7. The molecule has 1 amide bonds. The van der Waals surface area contributed by atoms with Crippen molar-refractivity contribution in [2.45, 2.75) is 12.5 Å². The summed E-state index contributed by atoms with van der Waals surface area (Å²) in [6.45, 7) is 2.01. The molecule has 3 rings (SSSR count). The molecule has 27 heavy (non-hydrogen) atoms. The third-order valence-electron chi connectivity index (χ3n) is 4.51. The van der Waals surface area contributed by atoms with E-state index in [4.69, 9.17) is 0 Å². The molecule has 0 unspecified atom stereocenters. The average Bonchev–Trinajstić information content (AvgIpc) is 3.12. The van der Waals surface area contributed by atoms with Crippen molar-refractivity contribution in [1.29, 1.82) is 0 Å². The van der Waals surface area contributed by atoms with Gasteiger partial charge in [-0.05, 0) is 44.3 Å². The molecule has 0 aromatic carbocycles. The van der Waals surface area contributed by atoms with E-state index in [0.29, 0.717) is 18.8 Å². The van der Waals surface area contributed by atoms with Gasteiger partial charge in [0.2, 0.25) is 5.91 Å². The van der Waals surface area contributed by atoms with E-state index in [0.717, 1.165) is 24.1 Å². The van der Waals surface area contributed by atoms with Gasteiger partial charge in [0.25, 0.3) is 5.56 Å². The molecule has 0 radical (unpaired) electrons. The van der Waals surface area contributed by atoms with E-state index in [1.165, 1.54) is 0 Å². The number of nitrogens with one attached hydrogen (secondary N) is 2. The number of carbonyl (C=O) groups is 1. The molecule has 0 bridgehead atoms. The fraction of sp³-hybridized carbons (Fsp3) is 0.350. The van der Waals surface area contributed by atoms with Gasteiger partial charge in [0.05, 0.1) is 0 Å². The number of anilines is 1. The lowest BCUT2D eigenvalue weighted by molar-refractivity contribution is -0.125. The summed E-state index contributed by atoms with van der Waals surface area (Å²) in [7, 11) is 3.92. The van der Waals surface area contributed by atoms with Crippen molar-refractivity contribution in [3.8, 4) is 11.1 Å². The van der Waals surface area contributed by atoms with Gasteiger partial charge in [0, 0.05) is 55.9 Å². The molecule has 0 spiro atoms. The number of amides is 1. The lowest BCUT2D eigenvalue weighted by atomic mass is 10.1. The summed E-state index contributed by atoms with van der Waals surface area (Å²) in [5.41, 5.74) is 2.26. The molecule has 1 aliphatic heterocycles. The highest BCUT2D eigenvalue weighted by Gasteiger charge is 2.25. The van der Waals surface area contributed by atoms with E-state index in [9.17, 15) is 9.59 Å². The Kier molecular flexibility index (Phi) is 6.03. The van der Waals surface area contributed by atoms with Crippen molar-refractivity contribution in [1.82, 2.24) is 19.8 Å².